The van der Waals surface area contributed by atoms with E-state index in [4.69, 9.17) is 9.84 Å². The van der Waals surface area contributed by atoms with Gasteiger partial charge in [-0.25, -0.2) is 13.1 Å². The fraction of sp³-hybridized carbons (Fsp3) is 0.538. The van der Waals surface area contributed by atoms with E-state index in [0.717, 1.165) is 18.4 Å². The van der Waals surface area contributed by atoms with Gasteiger partial charge >= 0.3 is 0 Å². The minimum absolute atomic E-state index is 0.0176. The molecule has 1 saturated carbocycles. The lowest BCUT2D eigenvalue weighted by molar-refractivity contribution is 0.0236. The molecule has 0 atom stereocenters. The molecule has 0 saturated heterocycles. The summed E-state index contributed by atoms with van der Waals surface area (Å²) >= 11 is 0. The van der Waals surface area contributed by atoms with Gasteiger partial charge in [-0.1, -0.05) is 24.3 Å². The second kappa shape index (κ2) is 6.00. The van der Waals surface area contributed by atoms with Crippen molar-refractivity contribution in [2.75, 3.05) is 7.11 Å². The molecule has 1 aromatic carbocycles. The second-order valence-corrected chi connectivity index (χ2v) is 6.63. The first-order valence-corrected chi connectivity index (χ1v) is 7.89. The fourth-order valence-corrected chi connectivity index (χ4v) is 3.59. The first-order chi connectivity index (χ1) is 9.02. The van der Waals surface area contributed by atoms with Gasteiger partial charge < -0.3 is 9.84 Å². The number of rotatable bonds is 6. The van der Waals surface area contributed by atoms with Crippen LogP contribution in [-0.4, -0.2) is 32.8 Å². The Morgan fingerprint density at radius 1 is 1.37 bits per heavy atom. The smallest absolute Gasteiger partial charge is 0.216 e. The average Bonchev–Trinajstić information content (AvgIpc) is 2.33. The highest BCUT2D eigenvalue weighted by Crippen LogP contribution is 2.23. The van der Waals surface area contributed by atoms with Crippen LogP contribution in [0, 0.1) is 0 Å². The number of aliphatic hydroxyl groups excluding tert-OH is 1. The van der Waals surface area contributed by atoms with Gasteiger partial charge in [0, 0.05) is 13.2 Å². The van der Waals surface area contributed by atoms with Gasteiger partial charge in [0.1, 0.15) is 0 Å². The van der Waals surface area contributed by atoms with E-state index in [0.29, 0.717) is 5.56 Å². The molecule has 2 rings (SSSR count). The quantitative estimate of drug-likeness (QED) is 0.810. The van der Waals surface area contributed by atoms with Gasteiger partial charge in [0.25, 0.3) is 0 Å². The molecule has 0 spiro atoms. The Kier molecular flexibility index (Phi) is 4.57. The normalized spacial score (nSPS) is 23.1. The van der Waals surface area contributed by atoms with E-state index in [-0.39, 0.29) is 24.5 Å². The molecular weight excluding hydrogens is 266 g/mol. The summed E-state index contributed by atoms with van der Waals surface area (Å²) in [6, 6.07) is 6.95. The molecule has 0 bridgehead atoms. The van der Waals surface area contributed by atoms with Gasteiger partial charge in [0.2, 0.25) is 10.0 Å². The van der Waals surface area contributed by atoms with Crippen LogP contribution in [0.3, 0.4) is 0 Å². The molecule has 6 heteroatoms. The molecule has 1 aliphatic rings. The predicted molar refractivity (Wildman–Crippen MR) is 71.9 cm³/mol. The molecule has 1 fully saturated rings. The number of hydrogen-bond donors (Lipinski definition) is 2. The number of hydrogen-bond acceptors (Lipinski definition) is 4. The summed E-state index contributed by atoms with van der Waals surface area (Å²) in [4.78, 5) is 0. The predicted octanol–water partition coefficient (Wildman–Crippen LogP) is 0.776. The minimum atomic E-state index is -3.34. The zero-order valence-corrected chi connectivity index (χ0v) is 11.7. The zero-order valence-electron chi connectivity index (χ0n) is 10.9. The van der Waals surface area contributed by atoms with E-state index < -0.39 is 10.0 Å². The van der Waals surface area contributed by atoms with Crippen LogP contribution in [-0.2, 0) is 27.1 Å². The van der Waals surface area contributed by atoms with Crippen molar-refractivity contribution in [3.05, 3.63) is 35.4 Å². The molecule has 0 heterocycles. The highest BCUT2D eigenvalue weighted by Gasteiger charge is 2.32. The summed E-state index contributed by atoms with van der Waals surface area (Å²) in [5, 5.41) is 9.03. The van der Waals surface area contributed by atoms with Crippen molar-refractivity contribution in [3.63, 3.8) is 0 Å². The van der Waals surface area contributed by atoms with Gasteiger partial charge in [-0.2, -0.15) is 0 Å². The largest absolute Gasteiger partial charge is 0.392 e. The van der Waals surface area contributed by atoms with Crippen molar-refractivity contribution in [3.8, 4) is 0 Å². The molecule has 106 valence electrons. The Morgan fingerprint density at radius 3 is 2.68 bits per heavy atom. The molecule has 0 amide bonds. The third kappa shape index (κ3) is 4.01. The van der Waals surface area contributed by atoms with E-state index in [2.05, 4.69) is 4.72 Å². The Labute approximate surface area is 113 Å². The lowest BCUT2D eigenvalue weighted by Gasteiger charge is -2.34. The van der Waals surface area contributed by atoms with Crippen molar-refractivity contribution in [1.29, 1.82) is 0 Å². The van der Waals surface area contributed by atoms with E-state index in [1.165, 1.54) is 0 Å². The van der Waals surface area contributed by atoms with Gasteiger partial charge in [-0.15, -0.1) is 0 Å². The number of methoxy groups -OCH3 is 1. The number of benzene rings is 1. The van der Waals surface area contributed by atoms with Crippen LogP contribution < -0.4 is 4.72 Å². The fourth-order valence-electron chi connectivity index (χ4n) is 2.19. The number of ether oxygens (including phenoxy) is 1. The highest BCUT2D eigenvalue weighted by atomic mass is 32.2. The lowest BCUT2D eigenvalue weighted by atomic mass is 9.90. The topological polar surface area (TPSA) is 75.6 Å². The highest BCUT2D eigenvalue weighted by molar-refractivity contribution is 7.88. The molecule has 0 aliphatic heterocycles. The average molecular weight is 285 g/mol. The van der Waals surface area contributed by atoms with Crippen LogP contribution in [0.25, 0.3) is 0 Å². The summed E-state index contributed by atoms with van der Waals surface area (Å²) in [6.45, 7) is -0.0839. The Morgan fingerprint density at radius 2 is 2.05 bits per heavy atom. The number of nitrogens with one attached hydrogen (secondary N) is 1. The third-order valence-corrected chi connectivity index (χ3v) is 4.71. The van der Waals surface area contributed by atoms with Crippen LogP contribution in [0.4, 0.5) is 0 Å². The lowest BCUT2D eigenvalue weighted by Crippen LogP contribution is -2.47. The first kappa shape index (κ1) is 14.5. The van der Waals surface area contributed by atoms with Crippen molar-refractivity contribution >= 4 is 10.0 Å². The summed E-state index contributed by atoms with van der Waals surface area (Å²) in [5.74, 6) is -0.0605. The molecule has 1 aromatic rings. The van der Waals surface area contributed by atoms with Crippen LogP contribution in [0.2, 0.25) is 0 Å². The Balaban J connectivity index is 1.93. The zero-order chi connectivity index (χ0) is 13.9. The van der Waals surface area contributed by atoms with Gasteiger partial charge in [-0.3, -0.25) is 0 Å². The van der Waals surface area contributed by atoms with Crippen molar-refractivity contribution in [2.45, 2.75) is 37.3 Å². The molecule has 0 aromatic heterocycles. The van der Waals surface area contributed by atoms with E-state index in [1.807, 2.05) is 0 Å². The van der Waals surface area contributed by atoms with Crippen LogP contribution in [0.15, 0.2) is 24.3 Å². The maximum Gasteiger partial charge on any atom is 0.216 e. The van der Waals surface area contributed by atoms with E-state index in [9.17, 15) is 8.42 Å². The SMILES string of the molecule is COC1CC(NS(=O)(=O)Cc2cccc(CO)c2)C1. The van der Waals surface area contributed by atoms with Crippen LogP contribution in [0.1, 0.15) is 24.0 Å². The maximum atomic E-state index is 12.0. The molecule has 19 heavy (non-hydrogen) atoms. The van der Waals surface area contributed by atoms with Gasteiger partial charge in [-0.05, 0) is 24.0 Å². The molecule has 0 radical (unpaired) electrons. The third-order valence-electron chi connectivity index (χ3n) is 3.31. The van der Waals surface area contributed by atoms with Gasteiger partial charge in [0.05, 0.1) is 18.5 Å². The van der Waals surface area contributed by atoms with Crippen molar-refractivity contribution < 1.29 is 18.3 Å². The first-order valence-electron chi connectivity index (χ1n) is 6.24. The van der Waals surface area contributed by atoms with Crippen LogP contribution >= 0.6 is 0 Å². The monoisotopic (exact) mass is 285 g/mol. The van der Waals surface area contributed by atoms with E-state index in [1.54, 1.807) is 31.4 Å². The minimum Gasteiger partial charge on any atom is -0.392 e. The maximum absolute atomic E-state index is 12.0. The van der Waals surface area contributed by atoms with Crippen molar-refractivity contribution in [2.24, 2.45) is 0 Å². The van der Waals surface area contributed by atoms with E-state index >= 15 is 0 Å². The molecule has 0 unspecified atom stereocenters. The molecule has 2 N–H and O–H groups in total. The van der Waals surface area contributed by atoms with Crippen molar-refractivity contribution in [1.82, 2.24) is 4.72 Å². The number of aliphatic hydroxyl groups is 1. The molecular formula is C13H19NO4S. The summed E-state index contributed by atoms with van der Waals surface area (Å²) in [6.07, 6.45) is 1.63. The van der Waals surface area contributed by atoms with Crippen LogP contribution in [0.5, 0.6) is 0 Å². The Hall–Kier alpha value is -0.950. The summed E-state index contributed by atoms with van der Waals surface area (Å²) in [7, 11) is -1.70. The summed E-state index contributed by atoms with van der Waals surface area (Å²) < 4.78 is 31.8. The Bertz CT molecular complexity index is 523. The summed E-state index contributed by atoms with van der Waals surface area (Å²) in [5.41, 5.74) is 1.40. The second-order valence-electron chi connectivity index (χ2n) is 4.88. The van der Waals surface area contributed by atoms with Gasteiger partial charge in [0.15, 0.2) is 0 Å². The number of sulfonamides is 1. The molecule has 5 nitrogen and oxygen atoms in total. The molecule has 1 aliphatic carbocycles. The standard InChI is InChI=1S/C13H19NO4S/c1-18-13-6-12(7-13)14-19(16,17)9-11-4-2-3-10(5-11)8-15/h2-5,12-15H,6-9H2,1H3.